The zero-order valence-corrected chi connectivity index (χ0v) is 11.6. The van der Waals surface area contributed by atoms with Crippen LogP contribution in [0, 0.1) is 0 Å². The molecule has 0 amide bonds. The number of nitrogens with zero attached hydrogens (tertiary/aromatic N) is 2. The van der Waals surface area contributed by atoms with Gasteiger partial charge in [-0.05, 0) is 29.8 Å². The molecule has 0 saturated carbocycles. The minimum atomic E-state index is 0.248. The molecule has 1 aliphatic rings. The molecule has 0 radical (unpaired) electrons. The zero-order valence-electron chi connectivity index (χ0n) is 10.1. The molecule has 0 bridgehead atoms. The van der Waals surface area contributed by atoms with E-state index >= 15 is 0 Å². The molecular formula is C13H9Cl2N3O2. The van der Waals surface area contributed by atoms with Gasteiger partial charge in [-0.1, -0.05) is 23.2 Å². The van der Waals surface area contributed by atoms with Crippen molar-refractivity contribution in [3.8, 4) is 11.5 Å². The molecule has 0 aliphatic carbocycles. The predicted molar refractivity (Wildman–Crippen MR) is 78.0 cm³/mol. The predicted octanol–water partition coefficient (Wildman–Crippen LogP) is 3.56. The van der Waals surface area contributed by atoms with Gasteiger partial charge in [-0.2, -0.15) is 5.10 Å². The number of halogens is 2. The summed E-state index contributed by atoms with van der Waals surface area (Å²) >= 11 is 11.7. The number of pyridine rings is 1. The average molecular weight is 310 g/mol. The van der Waals surface area contributed by atoms with Crippen LogP contribution in [-0.2, 0) is 0 Å². The fourth-order valence-corrected chi connectivity index (χ4v) is 2.08. The van der Waals surface area contributed by atoms with E-state index in [1.807, 2.05) is 18.2 Å². The molecule has 1 N–H and O–H groups in total. The van der Waals surface area contributed by atoms with E-state index in [2.05, 4.69) is 15.5 Å². The third-order valence-electron chi connectivity index (χ3n) is 2.59. The van der Waals surface area contributed by atoms with E-state index in [9.17, 15) is 0 Å². The molecule has 1 aliphatic heterocycles. The fraction of sp³-hybridized carbons (Fsp3) is 0.0769. The second-order valence-electron chi connectivity index (χ2n) is 3.97. The number of nitrogens with one attached hydrogen (secondary N) is 1. The van der Waals surface area contributed by atoms with Gasteiger partial charge in [0.05, 0.1) is 16.3 Å². The second kappa shape index (κ2) is 5.56. The van der Waals surface area contributed by atoms with Crippen LogP contribution >= 0.6 is 23.2 Å². The normalized spacial score (nSPS) is 12.9. The van der Waals surface area contributed by atoms with Gasteiger partial charge in [-0.3, -0.25) is 5.43 Å². The van der Waals surface area contributed by atoms with E-state index in [1.54, 1.807) is 12.3 Å². The number of anilines is 1. The summed E-state index contributed by atoms with van der Waals surface area (Å²) in [6.45, 7) is 0.248. The van der Waals surface area contributed by atoms with Crippen LogP contribution in [-0.4, -0.2) is 18.0 Å². The molecule has 0 spiro atoms. The first-order valence-electron chi connectivity index (χ1n) is 5.72. The Kier molecular flexibility index (Phi) is 3.62. The summed E-state index contributed by atoms with van der Waals surface area (Å²) in [7, 11) is 0. The largest absolute Gasteiger partial charge is 0.454 e. The zero-order chi connectivity index (χ0) is 13.9. The van der Waals surface area contributed by atoms with Crippen LogP contribution in [0.1, 0.15) is 5.56 Å². The first-order chi connectivity index (χ1) is 9.72. The van der Waals surface area contributed by atoms with Gasteiger partial charge < -0.3 is 9.47 Å². The van der Waals surface area contributed by atoms with E-state index in [0.29, 0.717) is 21.6 Å². The molecule has 0 fully saturated rings. The van der Waals surface area contributed by atoms with Gasteiger partial charge in [0.25, 0.3) is 0 Å². The highest BCUT2D eigenvalue weighted by atomic mass is 35.5. The summed E-state index contributed by atoms with van der Waals surface area (Å²) in [6, 6.07) is 7.13. The minimum Gasteiger partial charge on any atom is -0.454 e. The van der Waals surface area contributed by atoms with Crippen molar-refractivity contribution in [1.29, 1.82) is 0 Å². The van der Waals surface area contributed by atoms with Crippen LogP contribution in [0.15, 0.2) is 35.6 Å². The molecule has 7 heteroatoms. The third kappa shape index (κ3) is 2.79. The van der Waals surface area contributed by atoms with Crippen LogP contribution in [0.5, 0.6) is 11.5 Å². The van der Waals surface area contributed by atoms with Crippen LogP contribution < -0.4 is 14.9 Å². The van der Waals surface area contributed by atoms with E-state index < -0.39 is 0 Å². The Hall–Kier alpha value is -1.98. The summed E-state index contributed by atoms with van der Waals surface area (Å²) in [5.74, 6) is 1.88. The molecule has 102 valence electrons. The lowest BCUT2D eigenvalue weighted by atomic mass is 10.2. The van der Waals surface area contributed by atoms with Crippen molar-refractivity contribution < 1.29 is 9.47 Å². The minimum absolute atomic E-state index is 0.248. The summed E-state index contributed by atoms with van der Waals surface area (Å²) in [5, 5.41) is 4.94. The summed E-state index contributed by atoms with van der Waals surface area (Å²) in [6.07, 6.45) is 3.13. The lowest BCUT2D eigenvalue weighted by Crippen LogP contribution is -1.94. The number of hydrogen-bond acceptors (Lipinski definition) is 5. The highest BCUT2D eigenvalue weighted by Gasteiger charge is 2.12. The molecule has 5 nitrogen and oxygen atoms in total. The number of benzene rings is 1. The molecule has 0 saturated heterocycles. The van der Waals surface area contributed by atoms with Crippen LogP contribution in [0.2, 0.25) is 10.0 Å². The van der Waals surface area contributed by atoms with E-state index in [0.717, 1.165) is 11.3 Å². The maximum absolute atomic E-state index is 5.97. The van der Waals surface area contributed by atoms with Crippen molar-refractivity contribution in [2.24, 2.45) is 5.10 Å². The quantitative estimate of drug-likeness (QED) is 0.695. The standard InChI is InChI=1S/C13H9Cl2N3O2/c14-9-4-10(15)13(16-6-9)18-17-5-8-1-2-11-12(3-8)20-7-19-11/h1-6H,7H2,(H,16,18). The van der Waals surface area contributed by atoms with Crippen LogP contribution in [0.4, 0.5) is 5.82 Å². The molecule has 3 rings (SSSR count). The maximum atomic E-state index is 5.97. The Labute approximate surface area is 125 Å². The molecule has 0 atom stereocenters. The van der Waals surface area contributed by atoms with E-state index in [1.165, 1.54) is 6.20 Å². The van der Waals surface area contributed by atoms with Gasteiger partial charge in [0.2, 0.25) is 6.79 Å². The first kappa shape index (κ1) is 13.0. The monoisotopic (exact) mass is 309 g/mol. The Morgan fingerprint density at radius 3 is 2.90 bits per heavy atom. The fourth-order valence-electron chi connectivity index (χ4n) is 1.66. The van der Waals surface area contributed by atoms with Gasteiger partial charge in [-0.25, -0.2) is 4.98 Å². The third-order valence-corrected chi connectivity index (χ3v) is 3.08. The van der Waals surface area contributed by atoms with Crippen LogP contribution in [0.3, 0.4) is 0 Å². The summed E-state index contributed by atoms with van der Waals surface area (Å²) in [5.41, 5.74) is 3.62. The maximum Gasteiger partial charge on any atom is 0.231 e. The van der Waals surface area contributed by atoms with Crippen molar-refractivity contribution in [3.63, 3.8) is 0 Å². The lowest BCUT2D eigenvalue weighted by Gasteiger charge is -2.02. The molecule has 1 aromatic heterocycles. The SMILES string of the molecule is Clc1cnc(NN=Cc2ccc3c(c2)OCO3)c(Cl)c1. The average Bonchev–Trinajstić information content (AvgIpc) is 2.89. The second-order valence-corrected chi connectivity index (χ2v) is 4.81. The Bertz CT molecular complexity index is 677. The van der Waals surface area contributed by atoms with Gasteiger partial charge >= 0.3 is 0 Å². The van der Waals surface area contributed by atoms with Crippen molar-refractivity contribution in [2.45, 2.75) is 0 Å². The topological polar surface area (TPSA) is 55.7 Å². The van der Waals surface area contributed by atoms with Gasteiger partial charge in [0.15, 0.2) is 17.3 Å². The van der Waals surface area contributed by atoms with E-state index in [-0.39, 0.29) is 6.79 Å². The molecule has 1 aromatic carbocycles. The summed E-state index contributed by atoms with van der Waals surface area (Å²) < 4.78 is 10.5. The Balaban J connectivity index is 1.71. The number of aromatic nitrogens is 1. The number of hydrazone groups is 1. The highest BCUT2D eigenvalue weighted by molar-refractivity contribution is 6.35. The first-order valence-corrected chi connectivity index (χ1v) is 6.48. The highest BCUT2D eigenvalue weighted by Crippen LogP contribution is 2.32. The van der Waals surface area contributed by atoms with Crippen molar-refractivity contribution >= 4 is 35.2 Å². The smallest absolute Gasteiger partial charge is 0.231 e. The number of hydrogen-bond donors (Lipinski definition) is 1. The van der Waals surface area contributed by atoms with Crippen LogP contribution in [0.25, 0.3) is 0 Å². The molecule has 20 heavy (non-hydrogen) atoms. The Morgan fingerprint density at radius 2 is 2.05 bits per heavy atom. The molecule has 2 heterocycles. The van der Waals surface area contributed by atoms with Gasteiger partial charge in [0.1, 0.15) is 0 Å². The lowest BCUT2D eigenvalue weighted by molar-refractivity contribution is 0.174. The molecular weight excluding hydrogens is 301 g/mol. The van der Waals surface area contributed by atoms with Gasteiger partial charge in [-0.15, -0.1) is 0 Å². The van der Waals surface area contributed by atoms with Gasteiger partial charge in [0, 0.05) is 6.20 Å². The number of ether oxygens (including phenoxy) is 2. The molecule has 2 aromatic rings. The number of rotatable bonds is 3. The number of fused-ring (bicyclic) bond motifs is 1. The summed E-state index contributed by atoms with van der Waals surface area (Å²) in [4.78, 5) is 4.03. The van der Waals surface area contributed by atoms with Crippen molar-refractivity contribution in [1.82, 2.24) is 4.98 Å². The van der Waals surface area contributed by atoms with E-state index in [4.69, 9.17) is 32.7 Å². The Morgan fingerprint density at radius 1 is 1.20 bits per heavy atom. The molecule has 0 unspecified atom stereocenters. The van der Waals surface area contributed by atoms with Crippen molar-refractivity contribution in [3.05, 3.63) is 46.1 Å². The van der Waals surface area contributed by atoms with Crippen molar-refractivity contribution in [2.75, 3.05) is 12.2 Å².